The minimum absolute atomic E-state index is 0.0210. The van der Waals surface area contributed by atoms with Gasteiger partial charge >= 0.3 is 0 Å². The highest BCUT2D eigenvalue weighted by Gasteiger charge is 2.26. The molecule has 2 heterocycles. The average Bonchev–Trinajstić information content (AvgIpc) is 3.13. The van der Waals surface area contributed by atoms with Crippen molar-refractivity contribution in [3.8, 4) is 11.3 Å². The van der Waals surface area contributed by atoms with Crippen molar-refractivity contribution in [3.63, 3.8) is 0 Å². The SMILES string of the molecule is O=C1CSC(=S)N1/N=C/c1cn[nH]c1-c1cccc([N+](=O)[O-])c1. The molecule has 2 aromatic rings. The van der Waals surface area contributed by atoms with Crippen molar-refractivity contribution in [1.82, 2.24) is 15.2 Å². The van der Waals surface area contributed by atoms with Crippen LogP contribution in [0.1, 0.15) is 5.56 Å². The Balaban J connectivity index is 1.91. The summed E-state index contributed by atoms with van der Waals surface area (Å²) in [5.41, 5.74) is 1.75. The number of non-ortho nitro benzene ring substituents is 1. The van der Waals surface area contributed by atoms with Crippen LogP contribution in [0.25, 0.3) is 11.3 Å². The summed E-state index contributed by atoms with van der Waals surface area (Å²) >= 11 is 6.29. The second kappa shape index (κ2) is 6.26. The molecule has 1 aromatic heterocycles. The fraction of sp³-hybridized carbons (Fsp3) is 0.0769. The highest BCUT2D eigenvalue weighted by atomic mass is 32.2. The molecule has 116 valence electrons. The zero-order valence-corrected chi connectivity index (χ0v) is 13.1. The molecule has 1 amide bonds. The van der Waals surface area contributed by atoms with Gasteiger partial charge in [0.1, 0.15) is 0 Å². The monoisotopic (exact) mass is 347 g/mol. The lowest BCUT2D eigenvalue weighted by atomic mass is 10.1. The average molecular weight is 347 g/mol. The summed E-state index contributed by atoms with van der Waals surface area (Å²) in [7, 11) is 0. The van der Waals surface area contributed by atoms with E-state index in [0.717, 1.165) is 5.01 Å². The van der Waals surface area contributed by atoms with Crippen LogP contribution in [0, 0.1) is 10.1 Å². The quantitative estimate of drug-likeness (QED) is 0.393. The highest BCUT2D eigenvalue weighted by Crippen LogP contribution is 2.25. The van der Waals surface area contributed by atoms with Gasteiger partial charge in [0, 0.05) is 23.3 Å². The van der Waals surface area contributed by atoms with Crippen molar-refractivity contribution in [1.29, 1.82) is 0 Å². The first-order chi connectivity index (χ1) is 11.1. The van der Waals surface area contributed by atoms with Gasteiger partial charge in [-0.1, -0.05) is 36.1 Å². The Morgan fingerprint density at radius 1 is 1.52 bits per heavy atom. The van der Waals surface area contributed by atoms with Gasteiger partial charge in [0.15, 0.2) is 4.32 Å². The van der Waals surface area contributed by atoms with Crippen LogP contribution in [-0.2, 0) is 4.79 Å². The Kier molecular flexibility index (Phi) is 4.17. The number of thiocarbonyl (C=S) groups is 1. The number of aromatic amines is 1. The van der Waals surface area contributed by atoms with E-state index in [9.17, 15) is 14.9 Å². The maximum absolute atomic E-state index is 11.6. The Morgan fingerprint density at radius 3 is 3.04 bits per heavy atom. The number of hydrogen-bond donors (Lipinski definition) is 1. The van der Waals surface area contributed by atoms with Crippen molar-refractivity contribution < 1.29 is 9.72 Å². The molecule has 0 radical (unpaired) electrons. The molecule has 0 aliphatic carbocycles. The first kappa shape index (κ1) is 15.3. The Bertz CT molecular complexity index is 817. The van der Waals surface area contributed by atoms with Crippen LogP contribution in [0.4, 0.5) is 5.69 Å². The zero-order valence-electron chi connectivity index (χ0n) is 11.5. The van der Waals surface area contributed by atoms with Gasteiger partial charge in [-0.15, -0.1) is 0 Å². The highest BCUT2D eigenvalue weighted by molar-refractivity contribution is 8.23. The smallest absolute Gasteiger partial charge is 0.270 e. The topological polar surface area (TPSA) is 104 Å². The van der Waals surface area contributed by atoms with Crippen LogP contribution in [0.15, 0.2) is 35.6 Å². The lowest BCUT2D eigenvalue weighted by Gasteiger charge is -2.06. The standard InChI is InChI=1S/C13H9N5O3S2/c19-11-7-23-13(22)17(11)15-6-9-5-14-16-12(9)8-2-1-3-10(4-8)18(20)21/h1-6H,7H2,(H,14,16)/b15-6+. The number of carbonyl (C=O) groups excluding carboxylic acids is 1. The van der Waals surface area contributed by atoms with Crippen molar-refractivity contribution in [2.75, 3.05) is 5.75 Å². The van der Waals surface area contributed by atoms with Gasteiger partial charge in [0.25, 0.3) is 11.6 Å². The molecule has 1 fully saturated rings. The number of nitrogens with zero attached hydrogens (tertiary/aromatic N) is 4. The van der Waals surface area contributed by atoms with E-state index in [1.807, 2.05) is 0 Å². The van der Waals surface area contributed by atoms with E-state index in [1.54, 1.807) is 12.1 Å². The molecule has 1 aliphatic rings. The Hall–Kier alpha value is -2.59. The molecule has 0 spiro atoms. The summed E-state index contributed by atoms with van der Waals surface area (Å²) in [6.45, 7) is 0. The Labute approximate surface area is 139 Å². The van der Waals surface area contributed by atoms with Gasteiger partial charge < -0.3 is 0 Å². The van der Waals surface area contributed by atoms with Crippen LogP contribution >= 0.6 is 24.0 Å². The van der Waals surface area contributed by atoms with Gasteiger partial charge in [-0.05, 0) is 0 Å². The van der Waals surface area contributed by atoms with Gasteiger partial charge in [-0.3, -0.25) is 20.0 Å². The number of thioether (sulfide) groups is 1. The van der Waals surface area contributed by atoms with Crippen LogP contribution in [0.5, 0.6) is 0 Å². The zero-order chi connectivity index (χ0) is 16.4. The number of hydrazone groups is 1. The molecule has 0 saturated carbocycles. The van der Waals surface area contributed by atoms with Crippen LogP contribution in [0.3, 0.4) is 0 Å². The second-order valence-corrected chi connectivity index (χ2v) is 6.12. The van der Waals surface area contributed by atoms with Crippen LogP contribution in [-0.4, -0.2) is 42.3 Å². The number of nitro benzene ring substituents is 1. The fourth-order valence-electron chi connectivity index (χ4n) is 1.98. The number of hydrogen-bond acceptors (Lipinski definition) is 7. The predicted molar refractivity (Wildman–Crippen MR) is 90.2 cm³/mol. The van der Waals surface area contributed by atoms with E-state index in [4.69, 9.17) is 12.2 Å². The number of aromatic nitrogens is 2. The number of carbonyl (C=O) groups is 1. The summed E-state index contributed by atoms with van der Waals surface area (Å²) in [5.74, 6) is 0.0934. The van der Waals surface area contributed by atoms with Crippen molar-refractivity contribution >= 4 is 46.1 Å². The molecule has 0 unspecified atom stereocenters. The van der Waals surface area contributed by atoms with Crippen molar-refractivity contribution in [2.24, 2.45) is 5.10 Å². The van der Waals surface area contributed by atoms with Crippen LogP contribution < -0.4 is 0 Å². The molecular weight excluding hydrogens is 338 g/mol. The third-order valence-electron chi connectivity index (χ3n) is 3.05. The van der Waals surface area contributed by atoms with Gasteiger partial charge in [0.2, 0.25) is 0 Å². The Morgan fingerprint density at radius 2 is 2.35 bits per heavy atom. The third kappa shape index (κ3) is 3.12. The summed E-state index contributed by atoms with van der Waals surface area (Å²) in [4.78, 5) is 22.0. The predicted octanol–water partition coefficient (Wildman–Crippen LogP) is 2.18. The third-order valence-corrected chi connectivity index (χ3v) is 4.39. The molecule has 0 bridgehead atoms. The van der Waals surface area contributed by atoms with E-state index in [2.05, 4.69) is 15.3 Å². The van der Waals surface area contributed by atoms with E-state index in [1.165, 1.54) is 36.3 Å². The first-order valence-electron chi connectivity index (χ1n) is 6.38. The van der Waals surface area contributed by atoms with Crippen LogP contribution in [0.2, 0.25) is 0 Å². The molecule has 1 aliphatic heterocycles. The second-order valence-electron chi connectivity index (χ2n) is 4.51. The molecule has 1 aromatic carbocycles. The summed E-state index contributed by atoms with van der Waals surface area (Å²) in [5, 5.41) is 22.8. The molecule has 10 heteroatoms. The van der Waals surface area contributed by atoms with Gasteiger partial charge in [0.05, 0.1) is 28.8 Å². The lowest BCUT2D eigenvalue weighted by molar-refractivity contribution is -0.384. The van der Waals surface area contributed by atoms with Gasteiger partial charge in [-0.2, -0.15) is 15.2 Å². The summed E-state index contributed by atoms with van der Waals surface area (Å²) in [6.07, 6.45) is 2.97. The number of rotatable bonds is 4. The molecule has 0 atom stereocenters. The largest absolute Gasteiger partial charge is 0.277 e. The van der Waals surface area contributed by atoms with Crippen molar-refractivity contribution in [3.05, 3.63) is 46.1 Å². The van der Waals surface area contributed by atoms with Crippen molar-refractivity contribution in [2.45, 2.75) is 0 Å². The minimum Gasteiger partial charge on any atom is -0.277 e. The number of nitrogens with one attached hydrogen (secondary N) is 1. The summed E-state index contributed by atoms with van der Waals surface area (Å²) in [6, 6.07) is 6.16. The molecule has 1 saturated heterocycles. The molecular formula is C13H9N5O3S2. The number of amides is 1. The van der Waals surface area contributed by atoms with E-state index >= 15 is 0 Å². The molecule has 8 nitrogen and oxygen atoms in total. The fourth-order valence-corrected chi connectivity index (χ4v) is 2.94. The molecule has 23 heavy (non-hydrogen) atoms. The van der Waals surface area contributed by atoms with Gasteiger partial charge in [-0.25, -0.2) is 0 Å². The maximum Gasteiger partial charge on any atom is 0.270 e. The lowest BCUT2D eigenvalue weighted by Crippen LogP contribution is -2.22. The number of H-pyrrole nitrogens is 1. The van der Waals surface area contributed by atoms with E-state index in [-0.39, 0.29) is 17.3 Å². The van der Waals surface area contributed by atoms with E-state index in [0.29, 0.717) is 21.1 Å². The van der Waals surface area contributed by atoms with E-state index < -0.39 is 4.92 Å². The molecule has 3 rings (SSSR count). The normalized spacial score (nSPS) is 14.9. The summed E-state index contributed by atoms with van der Waals surface area (Å²) < 4.78 is 0.395. The molecule has 1 N–H and O–H groups in total. The number of nitro groups is 1. The number of benzene rings is 1. The minimum atomic E-state index is -0.466. The maximum atomic E-state index is 11.6. The first-order valence-corrected chi connectivity index (χ1v) is 7.77.